The Bertz CT molecular complexity index is 1430. The normalized spacial score (nSPS) is 15.4. The first-order chi connectivity index (χ1) is 18.0. The van der Waals surface area contributed by atoms with E-state index < -0.39 is 34.8 Å². The van der Waals surface area contributed by atoms with E-state index in [9.17, 15) is 28.3 Å². The average Bonchev–Trinajstić information content (AvgIpc) is 3.31. The molecule has 7 nitrogen and oxygen atoms in total. The van der Waals surface area contributed by atoms with Gasteiger partial charge in [0.25, 0.3) is 5.91 Å². The van der Waals surface area contributed by atoms with Gasteiger partial charge in [-0.05, 0) is 37.8 Å². The second-order valence-electron chi connectivity index (χ2n) is 10.4. The molecule has 0 bridgehead atoms. The van der Waals surface area contributed by atoms with Crippen molar-refractivity contribution in [1.82, 2.24) is 14.5 Å². The van der Waals surface area contributed by atoms with Crippen LogP contribution in [0.3, 0.4) is 0 Å². The van der Waals surface area contributed by atoms with Crippen LogP contribution in [0, 0.1) is 17.6 Å². The maximum Gasteiger partial charge on any atom is 0.274 e. The molecule has 1 amide bonds. The zero-order valence-electron chi connectivity index (χ0n) is 21.8. The number of hydrogen-bond donors (Lipinski definition) is 1. The number of hydrogen-bond acceptors (Lipinski definition) is 6. The van der Waals surface area contributed by atoms with Crippen molar-refractivity contribution in [3.8, 4) is 16.3 Å². The highest BCUT2D eigenvalue weighted by Gasteiger charge is 2.37. The number of amides is 1. The molecule has 1 unspecified atom stereocenters. The fourth-order valence-electron chi connectivity index (χ4n) is 4.59. The summed E-state index contributed by atoms with van der Waals surface area (Å²) in [7, 11) is 0. The van der Waals surface area contributed by atoms with Crippen LogP contribution in [0.2, 0.25) is 0 Å². The second-order valence-corrected chi connectivity index (χ2v) is 11.5. The number of halogens is 2. The maximum atomic E-state index is 14.1. The highest BCUT2D eigenvalue weighted by atomic mass is 32.1. The molecule has 10 heteroatoms. The zero-order chi connectivity index (χ0) is 27.7. The van der Waals surface area contributed by atoms with Crippen molar-refractivity contribution in [3.05, 3.63) is 68.6 Å². The number of fused-ring (bicyclic) bond motifs is 1. The third-order valence-electron chi connectivity index (χ3n) is 6.73. The second kappa shape index (κ2) is 11.1. The molecule has 0 aliphatic carbocycles. The summed E-state index contributed by atoms with van der Waals surface area (Å²) >= 11 is 1.14. The van der Waals surface area contributed by atoms with Crippen LogP contribution < -0.4 is 5.43 Å². The number of thiazole rings is 1. The van der Waals surface area contributed by atoms with Gasteiger partial charge in [0.1, 0.15) is 22.4 Å². The third-order valence-corrected chi connectivity index (χ3v) is 7.76. The van der Waals surface area contributed by atoms with E-state index in [-0.39, 0.29) is 48.0 Å². The number of carbonyl (C=O) groups excluding carboxylic acids is 2. The molecule has 38 heavy (non-hydrogen) atoms. The van der Waals surface area contributed by atoms with Crippen LogP contribution in [-0.4, -0.2) is 43.8 Å². The molecular formula is C28H31F2N3O4S. The lowest BCUT2D eigenvalue weighted by atomic mass is 9.98. The number of ketones is 1. The summed E-state index contributed by atoms with van der Waals surface area (Å²) in [6.45, 7) is 8.05. The molecule has 4 rings (SSSR count). The Morgan fingerprint density at radius 2 is 1.95 bits per heavy atom. The molecule has 1 aliphatic heterocycles. The van der Waals surface area contributed by atoms with Crippen LogP contribution in [0.25, 0.3) is 10.6 Å². The standard InChI is InChI=1S/C28H31F2N3O4S/c1-15(2)5-8-20(34)11-19-13-32(16(3)4)28(37)24-26(36)25(35)22(14-33(19)24)27-31-12-21(38-27)9-17-6-7-18(29)10-23(17)30/h6-7,10,12,14-16,19,36H,5,8-9,11,13H2,1-4H3. The van der Waals surface area contributed by atoms with Crippen molar-refractivity contribution in [2.45, 2.75) is 65.5 Å². The highest BCUT2D eigenvalue weighted by Crippen LogP contribution is 2.33. The van der Waals surface area contributed by atoms with Gasteiger partial charge in [0, 0.05) is 55.2 Å². The quantitative estimate of drug-likeness (QED) is 0.393. The predicted molar refractivity (Wildman–Crippen MR) is 142 cm³/mol. The smallest absolute Gasteiger partial charge is 0.274 e. The number of Topliss-reactive ketones (excluding diaryl/α,β-unsaturated/α-hetero) is 1. The minimum Gasteiger partial charge on any atom is -0.503 e. The lowest BCUT2D eigenvalue weighted by Gasteiger charge is -2.38. The van der Waals surface area contributed by atoms with Gasteiger partial charge in [0.2, 0.25) is 5.43 Å². The van der Waals surface area contributed by atoms with Crippen molar-refractivity contribution in [3.63, 3.8) is 0 Å². The molecule has 2 aromatic heterocycles. The lowest BCUT2D eigenvalue weighted by Crippen LogP contribution is -2.48. The van der Waals surface area contributed by atoms with Crippen LogP contribution in [0.4, 0.5) is 8.78 Å². The van der Waals surface area contributed by atoms with Gasteiger partial charge >= 0.3 is 0 Å². The lowest BCUT2D eigenvalue weighted by molar-refractivity contribution is -0.120. The van der Waals surface area contributed by atoms with Gasteiger partial charge < -0.3 is 14.6 Å². The first-order valence-corrected chi connectivity index (χ1v) is 13.5. The molecule has 1 atom stereocenters. The van der Waals surface area contributed by atoms with Crippen molar-refractivity contribution in [2.75, 3.05) is 6.54 Å². The number of aromatic hydroxyl groups is 1. The van der Waals surface area contributed by atoms with E-state index in [0.29, 0.717) is 22.2 Å². The summed E-state index contributed by atoms with van der Waals surface area (Å²) in [6, 6.07) is 2.70. The minimum atomic E-state index is -0.742. The van der Waals surface area contributed by atoms with Crippen molar-refractivity contribution in [2.24, 2.45) is 5.92 Å². The van der Waals surface area contributed by atoms with Gasteiger partial charge in [0.05, 0.1) is 11.6 Å². The molecule has 3 heterocycles. The fourth-order valence-corrected chi connectivity index (χ4v) is 5.54. The van der Waals surface area contributed by atoms with E-state index in [0.717, 1.165) is 23.8 Å². The van der Waals surface area contributed by atoms with E-state index in [2.05, 4.69) is 4.98 Å². The number of aromatic nitrogens is 2. The Morgan fingerprint density at radius 1 is 1.21 bits per heavy atom. The first kappa shape index (κ1) is 27.6. The minimum absolute atomic E-state index is 0.0466. The molecule has 0 spiro atoms. The summed E-state index contributed by atoms with van der Waals surface area (Å²) in [6.07, 6.45) is 4.47. The molecule has 3 aromatic rings. The third kappa shape index (κ3) is 5.70. The molecule has 0 saturated heterocycles. The zero-order valence-corrected chi connectivity index (χ0v) is 22.6. The first-order valence-electron chi connectivity index (χ1n) is 12.7. The van der Waals surface area contributed by atoms with Gasteiger partial charge in [-0.2, -0.15) is 0 Å². The maximum absolute atomic E-state index is 14.1. The highest BCUT2D eigenvalue weighted by molar-refractivity contribution is 7.15. The van der Waals surface area contributed by atoms with Crippen LogP contribution in [0.15, 0.2) is 35.4 Å². The molecule has 0 radical (unpaired) electrons. The Kier molecular flexibility index (Phi) is 8.10. The van der Waals surface area contributed by atoms with E-state index in [1.165, 1.54) is 24.5 Å². The van der Waals surface area contributed by atoms with E-state index in [4.69, 9.17) is 0 Å². The number of rotatable bonds is 9. The molecule has 1 N–H and O–H groups in total. The van der Waals surface area contributed by atoms with Gasteiger partial charge in [-0.25, -0.2) is 13.8 Å². The van der Waals surface area contributed by atoms with Gasteiger partial charge in [-0.1, -0.05) is 19.9 Å². The number of nitrogens with zero attached hydrogens (tertiary/aromatic N) is 3. The van der Waals surface area contributed by atoms with Gasteiger partial charge in [0.15, 0.2) is 11.4 Å². The number of carbonyl (C=O) groups is 2. The number of pyridine rings is 1. The fraction of sp³-hybridized carbons (Fsp3) is 0.429. The molecule has 1 aliphatic rings. The number of benzene rings is 1. The SMILES string of the molecule is CC(C)CCC(=O)CC1CN(C(C)C)C(=O)c2c(O)c(=O)c(-c3ncc(Cc4ccc(F)cc4F)s3)cn21. The molecule has 1 aromatic carbocycles. The largest absolute Gasteiger partial charge is 0.503 e. The Morgan fingerprint density at radius 3 is 2.61 bits per heavy atom. The van der Waals surface area contributed by atoms with Crippen LogP contribution in [-0.2, 0) is 11.2 Å². The Hall–Kier alpha value is -3.40. The van der Waals surface area contributed by atoms with Gasteiger partial charge in [-0.3, -0.25) is 14.4 Å². The summed E-state index contributed by atoms with van der Waals surface area (Å²) in [5.41, 5.74) is -0.502. The van der Waals surface area contributed by atoms with Crippen LogP contribution in [0.1, 0.15) is 73.9 Å². The van der Waals surface area contributed by atoms with E-state index in [1.807, 2.05) is 27.7 Å². The summed E-state index contributed by atoms with van der Waals surface area (Å²) in [5.74, 6) is -2.08. The molecule has 0 saturated carbocycles. The van der Waals surface area contributed by atoms with Crippen LogP contribution >= 0.6 is 11.3 Å². The van der Waals surface area contributed by atoms with Crippen LogP contribution in [0.5, 0.6) is 5.75 Å². The van der Waals surface area contributed by atoms with E-state index >= 15 is 0 Å². The average molecular weight is 544 g/mol. The topological polar surface area (TPSA) is 92.5 Å². The molecular weight excluding hydrogens is 512 g/mol. The summed E-state index contributed by atoms with van der Waals surface area (Å²) in [5, 5.41) is 11.2. The Labute approximate surface area is 223 Å². The summed E-state index contributed by atoms with van der Waals surface area (Å²) < 4.78 is 28.9. The summed E-state index contributed by atoms with van der Waals surface area (Å²) in [4.78, 5) is 45.7. The van der Waals surface area contributed by atoms with Crippen molar-refractivity contribution in [1.29, 1.82) is 0 Å². The molecule has 0 fully saturated rings. The predicted octanol–water partition coefficient (Wildman–Crippen LogP) is 5.35. The van der Waals surface area contributed by atoms with Gasteiger partial charge in [-0.15, -0.1) is 11.3 Å². The molecule has 202 valence electrons. The Balaban J connectivity index is 1.72. The van der Waals surface area contributed by atoms with Crippen molar-refractivity contribution >= 4 is 23.0 Å². The van der Waals surface area contributed by atoms with E-state index in [1.54, 1.807) is 9.47 Å². The van der Waals surface area contributed by atoms with Crippen molar-refractivity contribution < 1.29 is 23.5 Å². The monoisotopic (exact) mass is 543 g/mol.